The Morgan fingerprint density at radius 1 is 1.27 bits per heavy atom. The normalized spacial score (nSPS) is 12.4. The lowest BCUT2D eigenvalue weighted by atomic mass is 10.1. The highest BCUT2D eigenvalue weighted by atomic mass is 19.1. The minimum absolute atomic E-state index is 0.201. The van der Waals surface area contributed by atoms with Crippen LogP contribution in [-0.4, -0.2) is 15.0 Å². The molecule has 0 spiro atoms. The number of nitrogens with two attached hydrogens (primary N) is 1. The minimum atomic E-state index is -0.632. The first kappa shape index (κ1) is 9.67. The summed E-state index contributed by atoms with van der Waals surface area (Å²) in [4.78, 5) is 11.5. The zero-order valence-corrected chi connectivity index (χ0v) is 7.84. The Balaban J connectivity index is 2.37. The Morgan fingerprint density at radius 2 is 2.00 bits per heavy atom. The number of hydrogen-bond acceptors (Lipinski definition) is 4. The standard InChI is InChI=1S/C10H9FN4/c11-8-2-1-3-15-10(8)9(12)7-4-13-6-14-5-7/h1-6,9H,12H2. The summed E-state index contributed by atoms with van der Waals surface area (Å²) in [5.41, 5.74) is 6.67. The number of rotatable bonds is 2. The number of nitrogens with zero attached hydrogens (tertiary/aromatic N) is 3. The summed E-state index contributed by atoms with van der Waals surface area (Å²) < 4.78 is 13.3. The summed E-state index contributed by atoms with van der Waals surface area (Å²) in [6.07, 6.45) is 5.99. The molecule has 76 valence electrons. The molecule has 0 fully saturated rings. The third kappa shape index (κ3) is 1.97. The number of pyridine rings is 1. The van der Waals surface area contributed by atoms with Crippen molar-refractivity contribution in [1.82, 2.24) is 15.0 Å². The lowest BCUT2D eigenvalue weighted by molar-refractivity contribution is 0.585. The van der Waals surface area contributed by atoms with E-state index in [0.717, 1.165) is 0 Å². The van der Waals surface area contributed by atoms with Crippen molar-refractivity contribution in [2.24, 2.45) is 5.73 Å². The van der Waals surface area contributed by atoms with E-state index in [9.17, 15) is 4.39 Å². The third-order valence-corrected chi connectivity index (χ3v) is 2.02. The van der Waals surface area contributed by atoms with Crippen LogP contribution < -0.4 is 5.73 Å². The second-order valence-electron chi connectivity index (χ2n) is 3.02. The molecular weight excluding hydrogens is 195 g/mol. The maximum Gasteiger partial charge on any atom is 0.146 e. The van der Waals surface area contributed by atoms with E-state index in [-0.39, 0.29) is 5.69 Å². The predicted octanol–water partition coefficient (Wildman–Crippen LogP) is 1.06. The van der Waals surface area contributed by atoms with Crippen molar-refractivity contribution >= 4 is 0 Å². The van der Waals surface area contributed by atoms with Gasteiger partial charge in [0.2, 0.25) is 0 Å². The molecule has 2 rings (SSSR count). The van der Waals surface area contributed by atoms with Crippen LogP contribution in [0.1, 0.15) is 17.3 Å². The van der Waals surface area contributed by atoms with E-state index in [1.54, 1.807) is 12.4 Å². The first-order valence-corrected chi connectivity index (χ1v) is 4.40. The van der Waals surface area contributed by atoms with E-state index < -0.39 is 11.9 Å². The van der Waals surface area contributed by atoms with Gasteiger partial charge in [-0.05, 0) is 12.1 Å². The highest BCUT2D eigenvalue weighted by Crippen LogP contribution is 2.17. The zero-order chi connectivity index (χ0) is 10.7. The molecule has 0 aromatic carbocycles. The van der Waals surface area contributed by atoms with Gasteiger partial charge >= 0.3 is 0 Å². The summed E-state index contributed by atoms with van der Waals surface area (Å²) in [6.45, 7) is 0. The van der Waals surface area contributed by atoms with Crippen LogP contribution in [0.15, 0.2) is 37.1 Å². The second kappa shape index (κ2) is 4.10. The fraction of sp³-hybridized carbons (Fsp3) is 0.100. The topological polar surface area (TPSA) is 64.7 Å². The predicted molar refractivity (Wildman–Crippen MR) is 52.3 cm³/mol. The molecule has 0 saturated heterocycles. The van der Waals surface area contributed by atoms with Gasteiger partial charge in [0.05, 0.1) is 11.7 Å². The van der Waals surface area contributed by atoms with Crippen molar-refractivity contribution in [3.8, 4) is 0 Å². The van der Waals surface area contributed by atoms with Gasteiger partial charge in [0.25, 0.3) is 0 Å². The van der Waals surface area contributed by atoms with E-state index in [4.69, 9.17) is 5.73 Å². The minimum Gasteiger partial charge on any atom is -0.319 e. The maximum absolute atomic E-state index is 13.3. The fourth-order valence-corrected chi connectivity index (χ4v) is 1.26. The van der Waals surface area contributed by atoms with E-state index in [0.29, 0.717) is 5.56 Å². The van der Waals surface area contributed by atoms with Gasteiger partial charge < -0.3 is 5.73 Å². The molecule has 2 heterocycles. The molecule has 0 aliphatic rings. The molecule has 0 aliphatic carbocycles. The van der Waals surface area contributed by atoms with Crippen LogP contribution in [0.3, 0.4) is 0 Å². The molecule has 0 radical (unpaired) electrons. The van der Waals surface area contributed by atoms with Crippen LogP contribution in [0.2, 0.25) is 0 Å². The molecule has 4 nitrogen and oxygen atoms in total. The Kier molecular flexibility index (Phi) is 2.64. The summed E-state index contributed by atoms with van der Waals surface area (Å²) >= 11 is 0. The van der Waals surface area contributed by atoms with Gasteiger partial charge in [-0.15, -0.1) is 0 Å². The highest BCUT2D eigenvalue weighted by molar-refractivity contribution is 5.23. The summed E-state index contributed by atoms with van der Waals surface area (Å²) in [6, 6.07) is 2.21. The average Bonchev–Trinajstić information content (AvgIpc) is 2.30. The first-order chi connectivity index (χ1) is 7.29. The van der Waals surface area contributed by atoms with Gasteiger partial charge in [0.1, 0.15) is 12.1 Å². The van der Waals surface area contributed by atoms with Gasteiger partial charge in [-0.25, -0.2) is 14.4 Å². The smallest absolute Gasteiger partial charge is 0.146 e. The number of halogens is 1. The molecule has 2 aromatic rings. The van der Waals surface area contributed by atoms with E-state index in [1.165, 1.54) is 24.7 Å². The van der Waals surface area contributed by atoms with Crippen molar-refractivity contribution in [2.45, 2.75) is 6.04 Å². The molecule has 2 aromatic heterocycles. The SMILES string of the molecule is NC(c1cncnc1)c1ncccc1F. The summed E-state index contributed by atoms with van der Waals surface area (Å²) in [5, 5.41) is 0. The Morgan fingerprint density at radius 3 is 2.67 bits per heavy atom. The van der Waals surface area contributed by atoms with E-state index in [2.05, 4.69) is 15.0 Å². The van der Waals surface area contributed by atoms with Crippen LogP contribution >= 0.6 is 0 Å². The molecule has 0 bridgehead atoms. The van der Waals surface area contributed by atoms with Crippen LogP contribution in [-0.2, 0) is 0 Å². The molecular formula is C10H9FN4. The monoisotopic (exact) mass is 204 g/mol. The van der Waals surface area contributed by atoms with Gasteiger partial charge in [-0.2, -0.15) is 0 Å². The molecule has 0 aliphatic heterocycles. The van der Waals surface area contributed by atoms with E-state index in [1.807, 2.05) is 0 Å². The number of hydrogen-bond donors (Lipinski definition) is 1. The lowest BCUT2D eigenvalue weighted by Gasteiger charge is -2.10. The fourth-order valence-electron chi connectivity index (χ4n) is 1.26. The first-order valence-electron chi connectivity index (χ1n) is 4.40. The van der Waals surface area contributed by atoms with Gasteiger partial charge in [-0.3, -0.25) is 4.98 Å². The maximum atomic E-state index is 13.3. The molecule has 0 saturated carbocycles. The van der Waals surface area contributed by atoms with Crippen molar-refractivity contribution in [1.29, 1.82) is 0 Å². The van der Waals surface area contributed by atoms with Gasteiger partial charge in [-0.1, -0.05) is 0 Å². The van der Waals surface area contributed by atoms with Crippen LogP contribution in [0.4, 0.5) is 4.39 Å². The van der Waals surface area contributed by atoms with Crippen molar-refractivity contribution < 1.29 is 4.39 Å². The van der Waals surface area contributed by atoms with Crippen molar-refractivity contribution in [3.05, 3.63) is 54.1 Å². The highest BCUT2D eigenvalue weighted by Gasteiger charge is 2.14. The third-order valence-electron chi connectivity index (χ3n) is 2.02. The van der Waals surface area contributed by atoms with Crippen molar-refractivity contribution in [3.63, 3.8) is 0 Å². The lowest BCUT2D eigenvalue weighted by Crippen LogP contribution is -2.15. The Bertz CT molecular complexity index is 446. The summed E-state index contributed by atoms with van der Waals surface area (Å²) in [7, 11) is 0. The second-order valence-corrected chi connectivity index (χ2v) is 3.02. The molecule has 1 atom stereocenters. The Labute approximate surface area is 86.0 Å². The average molecular weight is 204 g/mol. The largest absolute Gasteiger partial charge is 0.319 e. The molecule has 2 N–H and O–H groups in total. The Hall–Kier alpha value is -1.88. The number of aromatic nitrogens is 3. The molecule has 0 amide bonds. The van der Waals surface area contributed by atoms with Crippen LogP contribution in [0.5, 0.6) is 0 Å². The molecule has 1 unspecified atom stereocenters. The molecule has 5 heteroatoms. The van der Waals surface area contributed by atoms with Crippen LogP contribution in [0, 0.1) is 5.82 Å². The van der Waals surface area contributed by atoms with Crippen molar-refractivity contribution in [2.75, 3.05) is 0 Å². The summed E-state index contributed by atoms with van der Waals surface area (Å²) in [5.74, 6) is -0.422. The van der Waals surface area contributed by atoms with Crippen LogP contribution in [0.25, 0.3) is 0 Å². The quantitative estimate of drug-likeness (QED) is 0.794. The van der Waals surface area contributed by atoms with E-state index >= 15 is 0 Å². The van der Waals surface area contributed by atoms with Gasteiger partial charge in [0.15, 0.2) is 0 Å². The molecule has 15 heavy (non-hydrogen) atoms. The zero-order valence-electron chi connectivity index (χ0n) is 7.84. The van der Waals surface area contributed by atoms with Gasteiger partial charge in [0, 0.05) is 24.2 Å².